The van der Waals surface area contributed by atoms with E-state index >= 15 is 0 Å². The van der Waals surface area contributed by atoms with E-state index < -0.39 is 38.6 Å². The van der Waals surface area contributed by atoms with Crippen LogP contribution in [0.25, 0.3) is 0 Å². The maximum absolute atomic E-state index is 12.4. The Hall–Kier alpha value is -1.98. The molecule has 0 saturated carbocycles. The van der Waals surface area contributed by atoms with Gasteiger partial charge in [-0.3, -0.25) is 4.90 Å². The van der Waals surface area contributed by atoms with Crippen LogP contribution in [-0.2, 0) is 34.2 Å². The number of nitrogens with zero attached hydrogens (tertiary/aromatic N) is 1. The predicted octanol–water partition coefficient (Wildman–Crippen LogP) is 2.03. The van der Waals surface area contributed by atoms with E-state index in [1.54, 1.807) is 20.8 Å². The molecule has 32 heavy (non-hydrogen) atoms. The smallest absolute Gasteiger partial charge is 0.480 e. The maximum atomic E-state index is 12.4. The molecule has 4 atom stereocenters. The van der Waals surface area contributed by atoms with Crippen LogP contribution in [0.1, 0.15) is 46.6 Å². The number of carboxylic acid groups (broad SMARTS) is 1. The summed E-state index contributed by atoms with van der Waals surface area (Å²) in [5.74, 6) is -1.06. The summed E-state index contributed by atoms with van der Waals surface area (Å²) in [7, 11) is -2.83. The molecule has 1 aromatic carbocycles. The first-order valence-corrected chi connectivity index (χ1v) is 12.7. The fourth-order valence-corrected chi connectivity index (χ4v) is 7.50. The molecule has 4 rings (SSSR count). The van der Waals surface area contributed by atoms with E-state index in [9.17, 15) is 14.7 Å². The number of carboxylic acids is 1. The molecule has 2 bridgehead atoms. The topological polar surface area (TPSA) is 104 Å². The van der Waals surface area contributed by atoms with Crippen molar-refractivity contribution in [1.82, 2.24) is 4.90 Å². The summed E-state index contributed by atoms with van der Waals surface area (Å²) in [6.07, 6.45) is -0.799. The number of aliphatic carboxylic acids is 1. The number of rotatable bonds is 5. The molecule has 3 saturated heterocycles. The summed E-state index contributed by atoms with van der Waals surface area (Å²) >= 11 is 0. The van der Waals surface area contributed by atoms with E-state index in [1.807, 2.05) is 38.1 Å². The van der Waals surface area contributed by atoms with Crippen molar-refractivity contribution in [2.24, 2.45) is 0 Å². The number of likely N-dealkylation sites (tertiary alicyclic amines) is 1. The van der Waals surface area contributed by atoms with Gasteiger partial charge in [-0.05, 0) is 40.2 Å². The van der Waals surface area contributed by atoms with Crippen molar-refractivity contribution in [3.8, 4) is 0 Å². The predicted molar refractivity (Wildman–Crippen MR) is 115 cm³/mol. The number of hydrogen-bond donors (Lipinski definition) is 1. The summed E-state index contributed by atoms with van der Waals surface area (Å²) in [6, 6.07) is 6.79. The lowest BCUT2D eigenvalue weighted by Gasteiger charge is -2.27. The molecule has 0 radical (unpaired) electrons. The lowest BCUT2D eigenvalue weighted by Crippen LogP contribution is -2.53. The van der Waals surface area contributed by atoms with Crippen molar-refractivity contribution in [2.75, 3.05) is 6.54 Å². The molecule has 10 heteroatoms. The van der Waals surface area contributed by atoms with Crippen molar-refractivity contribution in [3.63, 3.8) is 0 Å². The van der Waals surface area contributed by atoms with Crippen molar-refractivity contribution < 1.29 is 37.4 Å². The molecule has 1 aromatic rings. The molecule has 3 heterocycles. The highest BCUT2D eigenvalue weighted by molar-refractivity contribution is 6.76. The van der Waals surface area contributed by atoms with E-state index in [4.69, 9.17) is 22.8 Å². The number of hydrogen-bond acceptors (Lipinski definition) is 7. The van der Waals surface area contributed by atoms with Crippen LogP contribution in [0.4, 0.5) is 4.79 Å². The van der Waals surface area contributed by atoms with Crippen molar-refractivity contribution in [3.05, 3.63) is 29.8 Å². The summed E-state index contributed by atoms with van der Waals surface area (Å²) in [5.41, 5.74) is 0.227. The van der Waals surface area contributed by atoms with Gasteiger partial charge in [0.2, 0.25) is 0 Å². The molecule has 3 aliphatic heterocycles. The number of amides is 1. The summed E-state index contributed by atoms with van der Waals surface area (Å²) < 4.78 is 29.5. The highest BCUT2D eigenvalue weighted by Crippen LogP contribution is 2.37. The first-order valence-electron chi connectivity index (χ1n) is 10.9. The Bertz CT molecular complexity index is 858. The number of ether oxygens (including phenoxy) is 2. The third-order valence-corrected chi connectivity index (χ3v) is 8.85. The second-order valence-electron chi connectivity index (χ2n) is 9.64. The van der Waals surface area contributed by atoms with Gasteiger partial charge in [0, 0.05) is 11.6 Å². The van der Waals surface area contributed by atoms with Crippen LogP contribution >= 0.6 is 0 Å². The minimum absolute atomic E-state index is 0.0193. The summed E-state index contributed by atoms with van der Waals surface area (Å²) in [6.45, 7) is 9.72. The molecule has 176 valence electrons. The highest BCUT2D eigenvalue weighted by Gasteiger charge is 2.62. The fourth-order valence-electron chi connectivity index (χ4n) is 4.36. The number of benzene rings is 1. The van der Waals surface area contributed by atoms with Crippen LogP contribution in [0.15, 0.2) is 24.3 Å². The normalized spacial score (nSPS) is 34.2. The number of carbonyl (C=O) groups excluding carboxylic acids is 1. The van der Waals surface area contributed by atoms with Crippen molar-refractivity contribution in [2.45, 2.75) is 83.7 Å². The van der Waals surface area contributed by atoms with Gasteiger partial charge in [0.1, 0.15) is 11.6 Å². The minimum Gasteiger partial charge on any atom is -0.480 e. The zero-order valence-electron chi connectivity index (χ0n) is 19.1. The van der Waals surface area contributed by atoms with Gasteiger partial charge in [-0.1, -0.05) is 24.3 Å². The molecule has 0 spiro atoms. The Morgan fingerprint density at radius 1 is 1.12 bits per heavy atom. The Morgan fingerprint density at radius 2 is 1.75 bits per heavy atom. The molecule has 0 aliphatic carbocycles. The third-order valence-electron chi connectivity index (χ3n) is 5.87. The van der Waals surface area contributed by atoms with Crippen LogP contribution in [0, 0.1) is 0 Å². The molecular weight excluding hydrogens is 434 g/mol. The summed E-state index contributed by atoms with van der Waals surface area (Å²) in [5, 5.41) is 10.4. The van der Waals surface area contributed by atoms with Gasteiger partial charge in [0.15, 0.2) is 0 Å². The SMILES string of the molecule is CC1O[Si]2(c3ccc(COC4C[C@@H](C(=O)O)N(C(=O)OC(C)(C)C)C4)cc3)OC(C)C1O2. The van der Waals surface area contributed by atoms with Gasteiger partial charge in [0.25, 0.3) is 0 Å². The van der Waals surface area contributed by atoms with E-state index in [1.165, 1.54) is 4.90 Å². The van der Waals surface area contributed by atoms with Gasteiger partial charge >= 0.3 is 20.9 Å². The minimum atomic E-state index is -2.83. The largest absolute Gasteiger partial charge is 0.538 e. The van der Waals surface area contributed by atoms with Gasteiger partial charge in [-0.2, -0.15) is 0 Å². The summed E-state index contributed by atoms with van der Waals surface area (Å²) in [4.78, 5) is 25.3. The molecule has 1 amide bonds. The maximum Gasteiger partial charge on any atom is 0.538 e. The first kappa shape index (κ1) is 23.2. The number of fused-ring (bicyclic) bond motifs is 2. The second-order valence-corrected chi connectivity index (χ2v) is 12.0. The average Bonchev–Trinajstić information content (AvgIpc) is 3.36. The zero-order valence-corrected chi connectivity index (χ0v) is 20.1. The Balaban J connectivity index is 1.36. The molecular formula is C22H31NO8Si. The molecule has 3 unspecified atom stereocenters. The quantitative estimate of drug-likeness (QED) is 0.659. The van der Waals surface area contributed by atoms with Crippen LogP contribution in [0.3, 0.4) is 0 Å². The second kappa shape index (κ2) is 8.42. The lowest BCUT2D eigenvalue weighted by atomic mass is 10.1. The Labute approximate surface area is 188 Å². The Kier molecular flexibility index (Phi) is 6.10. The lowest BCUT2D eigenvalue weighted by molar-refractivity contribution is -0.142. The number of carbonyl (C=O) groups is 2. The molecule has 3 fully saturated rings. The van der Waals surface area contributed by atoms with Gasteiger partial charge in [-0.25, -0.2) is 9.59 Å². The van der Waals surface area contributed by atoms with Crippen LogP contribution < -0.4 is 5.19 Å². The molecule has 0 aromatic heterocycles. The fraction of sp³-hybridized carbons (Fsp3) is 0.636. The van der Waals surface area contributed by atoms with Crippen LogP contribution in [0.2, 0.25) is 0 Å². The molecule has 9 nitrogen and oxygen atoms in total. The monoisotopic (exact) mass is 465 g/mol. The van der Waals surface area contributed by atoms with Crippen LogP contribution in [0.5, 0.6) is 0 Å². The van der Waals surface area contributed by atoms with Crippen molar-refractivity contribution in [1.29, 1.82) is 0 Å². The van der Waals surface area contributed by atoms with E-state index in [2.05, 4.69) is 0 Å². The third kappa shape index (κ3) is 4.55. The average molecular weight is 466 g/mol. The van der Waals surface area contributed by atoms with Gasteiger partial charge in [0.05, 0.1) is 37.6 Å². The van der Waals surface area contributed by atoms with E-state index in [0.717, 1.165) is 10.8 Å². The van der Waals surface area contributed by atoms with Crippen LogP contribution in [-0.4, -0.2) is 73.5 Å². The van der Waals surface area contributed by atoms with Crippen molar-refractivity contribution >= 4 is 26.1 Å². The molecule has 1 N–H and O–H groups in total. The highest BCUT2D eigenvalue weighted by atomic mass is 28.4. The van der Waals surface area contributed by atoms with Gasteiger partial charge < -0.3 is 27.9 Å². The van der Waals surface area contributed by atoms with E-state index in [0.29, 0.717) is 6.61 Å². The standard InChI is InChI=1S/C22H31NO8Si/c1-13-19-14(2)30-32(29-13,31-19)17-8-6-15(7-9-17)12-27-16-10-18(20(24)25)23(11-16)21(26)28-22(3,4)5/h6-9,13-14,16,18-19H,10-12H2,1-5H3,(H,24,25)/t13?,14?,16?,18-,19?,32?/m0/s1. The van der Waals surface area contributed by atoms with Gasteiger partial charge in [-0.15, -0.1) is 0 Å². The Morgan fingerprint density at radius 3 is 2.28 bits per heavy atom. The first-order chi connectivity index (χ1) is 15.0. The molecule has 3 aliphatic rings. The van der Waals surface area contributed by atoms with E-state index in [-0.39, 0.29) is 31.3 Å². The zero-order chi connectivity index (χ0) is 23.3.